The average molecular weight is 403 g/mol. The third kappa shape index (κ3) is 4.10. The van der Waals surface area contributed by atoms with E-state index in [1.54, 1.807) is 0 Å². The van der Waals surface area contributed by atoms with Crippen molar-refractivity contribution in [3.63, 3.8) is 0 Å². The lowest BCUT2D eigenvalue weighted by Gasteiger charge is -2.43. The molecule has 1 aromatic carbocycles. The largest absolute Gasteiger partial charge is 0.447 e. The van der Waals surface area contributed by atoms with Crippen LogP contribution in [0.25, 0.3) is 0 Å². The second-order valence-electron chi connectivity index (χ2n) is 8.48. The number of carbonyl (C=O) groups is 2. The van der Waals surface area contributed by atoms with Crippen molar-refractivity contribution >= 4 is 17.7 Å². The second kappa shape index (κ2) is 8.69. The number of aryl methyl sites for hydroxylation is 1. The molecule has 1 aromatic rings. The van der Waals surface area contributed by atoms with E-state index in [1.807, 2.05) is 0 Å². The molecule has 6 nitrogen and oxygen atoms in total. The van der Waals surface area contributed by atoms with Crippen LogP contribution in [0.1, 0.15) is 50.2 Å². The first-order valence-electron chi connectivity index (χ1n) is 10.9. The molecule has 29 heavy (non-hydrogen) atoms. The lowest BCUT2D eigenvalue weighted by Crippen LogP contribution is -2.52. The quantitative estimate of drug-likeness (QED) is 0.772. The van der Waals surface area contributed by atoms with Gasteiger partial charge in [0.2, 0.25) is 5.91 Å². The number of halogens is 1. The molecule has 0 unspecified atom stereocenters. The van der Waals surface area contributed by atoms with Crippen LogP contribution < -0.4 is 4.90 Å². The minimum Gasteiger partial charge on any atom is -0.309 e. The smallest absolute Gasteiger partial charge is 0.309 e. The fourth-order valence-corrected chi connectivity index (χ4v) is 5.18. The maximum absolute atomic E-state index is 12.7. The number of hydrogen-bond acceptors (Lipinski definition) is 4. The van der Waals surface area contributed by atoms with Crippen LogP contribution in [-0.2, 0) is 22.6 Å². The molecule has 2 saturated heterocycles. The number of fused-ring (bicyclic) bond motifs is 1. The Kier molecular flexibility index (Phi) is 6.04. The zero-order valence-electron chi connectivity index (χ0n) is 17.1. The molecule has 0 atom stereocenters. The molecule has 0 aliphatic carbocycles. The van der Waals surface area contributed by atoms with Crippen molar-refractivity contribution in [2.45, 2.75) is 64.0 Å². The molecule has 7 heteroatoms. The number of anilines is 1. The fraction of sp³-hybridized carbons (Fsp3) is 0.636. The van der Waals surface area contributed by atoms with Crippen molar-refractivity contribution < 1.29 is 19.1 Å². The van der Waals surface area contributed by atoms with Gasteiger partial charge in [-0.15, -0.1) is 0 Å². The molecule has 0 N–H and O–H groups in total. The van der Waals surface area contributed by atoms with E-state index in [1.165, 1.54) is 10.5 Å². The number of benzene rings is 1. The van der Waals surface area contributed by atoms with E-state index >= 15 is 0 Å². The molecular weight excluding hydrogens is 373 g/mol. The molecule has 0 saturated carbocycles. The molecule has 3 aliphatic heterocycles. The molecule has 3 aliphatic rings. The molecule has 4 rings (SSSR count). The predicted octanol–water partition coefficient (Wildman–Crippen LogP) is 3.48. The average Bonchev–Trinajstić information content (AvgIpc) is 3.08. The zero-order chi connectivity index (χ0) is 20.4. The number of nitrogens with zero attached hydrogens (tertiary/aromatic N) is 3. The van der Waals surface area contributed by atoms with Crippen LogP contribution in [0.15, 0.2) is 18.2 Å². The Balaban J connectivity index is 1.35. The number of amides is 2. The molecule has 2 fully saturated rings. The van der Waals surface area contributed by atoms with E-state index in [0.717, 1.165) is 62.9 Å². The van der Waals surface area contributed by atoms with Gasteiger partial charge in [0.15, 0.2) is 0 Å². The number of likely N-dealkylation sites (tertiary alicyclic amines) is 2. The van der Waals surface area contributed by atoms with Crippen molar-refractivity contribution in [2.24, 2.45) is 0 Å². The monoisotopic (exact) mass is 403 g/mol. The summed E-state index contributed by atoms with van der Waals surface area (Å²) in [5, 5.41) is 0. The highest BCUT2D eigenvalue weighted by Crippen LogP contribution is 2.35. The number of piperidine rings is 2. The molecular formula is C22H30FN3O3. The molecule has 0 aromatic heterocycles. The molecule has 158 valence electrons. The fourth-order valence-electron chi connectivity index (χ4n) is 5.18. The van der Waals surface area contributed by atoms with Crippen molar-refractivity contribution in [1.29, 1.82) is 0 Å². The highest BCUT2D eigenvalue weighted by atomic mass is 19.3. The summed E-state index contributed by atoms with van der Waals surface area (Å²) in [6.45, 7) is 5.15. The lowest BCUT2D eigenvalue weighted by molar-refractivity contribution is -0.118. The van der Waals surface area contributed by atoms with Gasteiger partial charge < -0.3 is 14.7 Å². The summed E-state index contributed by atoms with van der Waals surface area (Å²) in [6, 6.07) is 7.18. The van der Waals surface area contributed by atoms with Gasteiger partial charge in [0.05, 0.1) is 6.42 Å². The van der Waals surface area contributed by atoms with E-state index in [-0.39, 0.29) is 11.9 Å². The summed E-state index contributed by atoms with van der Waals surface area (Å²) in [5.41, 5.74) is 3.59. The van der Waals surface area contributed by atoms with Gasteiger partial charge in [-0.3, -0.25) is 4.79 Å². The first-order valence-corrected chi connectivity index (χ1v) is 10.9. The van der Waals surface area contributed by atoms with Crippen LogP contribution in [0, 0.1) is 0 Å². The molecule has 0 radical (unpaired) electrons. The van der Waals surface area contributed by atoms with Gasteiger partial charge in [-0.2, -0.15) is 0 Å². The van der Waals surface area contributed by atoms with Crippen LogP contribution in [0.5, 0.6) is 0 Å². The third-order valence-electron chi connectivity index (χ3n) is 6.73. The van der Waals surface area contributed by atoms with Crippen molar-refractivity contribution in [1.82, 2.24) is 9.80 Å². The zero-order valence-corrected chi connectivity index (χ0v) is 17.1. The molecule has 0 bridgehead atoms. The number of rotatable bonds is 4. The summed E-state index contributed by atoms with van der Waals surface area (Å²) >= 11 is 0. The first-order chi connectivity index (χ1) is 14.1. The van der Waals surface area contributed by atoms with Gasteiger partial charge in [0.25, 0.3) is 0 Å². The van der Waals surface area contributed by atoms with Gasteiger partial charge >= 0.3 is 6.09 Å². The van der Waals surface area contributed by atoms with Crippen LogP contribution in [0.3, 0.4) is 0 Å². The molecule has 3 heterocycles. The number of hydrogen-bond donors (Lipinski definition) is 0. The summed E-state index contributed by atoms with van der Waals surface area (Å²) in [6.07, 6.45) is 5.40. The Morgan fingerprint density at radius 1 is 1.10 bits per heavy atom. The first kappa shape index (κ1) is 20.1. The minimum atomic E-state index is -0.879. The van der Waals surface area contributed by atoms with Gasteiger partial charge in [0, 0.05) is 48.5 Å². The van der Waals surface area contributed by atoms with Gasteiger partial charge in [0.1, 0.15) is 0 Å². The maximum Gasteiger partial charge on any atom is 0.447 e. The Labute approximate surface area is 171 Å². The van der Waals surface area contributed by atoms with Crippen LogP contribution in [-0.4, -0.2) is 60.1 Å². The van der Waals surface area contributed by atoms with E-state index in [0.29, 0.717) is 25.6 Å². The van der Waals surface area contributed by atoms with Crippen LogP contribution >= 0.6 is 0 Å². The van der Waals surface area contributed by atoms with Crippen molar-refractivity contribution in [2.75, 3.05) is 31.1 Å². The highest BCUT2D eigenvalue weighted by molar-refractivity contribution is 6.02. The Bertz CT molecular complexity index is 756. The van der Waals surface area contributed by atoms with E-state index in [9.17, 15) is 14.1 Å². The number of carbonyl (C=O) groups excluding carboxylic acids is 2. The summed E-state index contributed by atoms with van der Waals surface area (Å²) < 4.78 is 12.1. The maximum atomic E-state index is 12.7. The summed E-state index contributed by atoms with van der Waals surface area (Å²) in [7, 11) is 0. The van der Waals surface area contributed by atoms with Crippen molar-refractivity contribution in [3.8, 4) is 0 Å². The lowest BCUT2D eigenvalue weighted by atomic mass is 9.97. The SMILES string of the molecule is CCCc1ccc2c(c1)N(C1CCN(C3CCN(C(=O)OF)CC3)CC1)C(=O)C2. The van der Waals surface area contributed by atoms with Crippen LogP contribution in [0.2, 0.25) is 0 Å². The predicted molar refractivity (Wildman–Crippen MR) is 108 cm³/mol. The second-order valence-corrected chi connectivity index (χ2v) is 8.48. The van der Waals surface area contributed by atoms with Gasteiger partial charge in [-0.1, -0.05) is 25.5 Å². The topological polar surface area (TPSA) is 53.1 Å². The van der Waals surface area contributed by atoms with E-state index < -0.39 is 6.09 Å². The Morgan fingerprint density at radius 2 is 1.79 bits per heavy atom. The van der Waals surface area contributed by atoms with Crippen molar-refractivity contribution in [3.05, 3.63) is 29.3 Å². The molecule has 2 amide bonds. The summed E-state index contributed by atoms with van der Waals surface area (Å²) in [4.78, 5) is 33.4. The highest BCUT2D eigenvalue weighted by Gasteiger charge is 2.37. The van der Waals surface area contributed by atoms with E-state index in [4.69, 9.17) is 0 Å². The van der Waals surface area contributed by atoms with Gasteiger partial charge in [-0.05, 0) is 49.3 Å². The third-order valence-corrected chi connectivity index (χ3v) is 6.73. The minimum absolute atomic E-state index is 0.227. The Morgan fingerprint density at radius 3 is 2.45 bits per heavy atom. The van der Waals surface area contributed by atoms with E-state index in [2.05, 4.69) is 39.9 Å². The normalized spacial score (nSPS) is 21.5. The molecule has 0 spiro atoms. The van der Waals surface area contributed by atoms with Crippen LogP contribution in [0.4, 0.5) is 15.0 Å². The Hall–Kier alpha value is -2.15. The standard InChI is InChI=1S/C22H30FN3O3/c1-2-3-16-4-5-17-15-21(27)26(20(17)14-16)19-8-10-24(11-9-19)18-6-12-25(13-7-18)22(28)29-23/h4-5,14,18-19H,2-3,6-13,15H2,1H3. The summed E-state index contributed by atoms with van der Waals surface area (Å²) in [5.74, 6) is 0.227. The van der Waals surface area contributed by atoms with Gasteiger partial charge in [-0.25, -0.2) is 9.74 Å².